The Balaban J connectivity index is 1.25. The van der Waals surface area contributed by atoms with Crippen molar-refractivity contribution in [3.8, 4) is 10.6 Å². The number of unbranched alkanes of at least 4 members (excludes halogenated alkanes) is 2. The van der Waals surface area contributed by atoms with Crippen LogP contribution in [0.2, 0.25) is 0 Å². The van der Waals surface area contributed by atoms with Crippen molar-refractivity contribution in [2.75, 3.05) is 18.9 Å². The van der Waals surface area contributed by atoms with Gasteiger partial charge in [0.05, 0.1) is 12.3 Å². The lowest BCUT2D eigenvalue weighted by atomic mass is 10.1. The van der Waals surface area contributed by atoms with E-state index in [1.165, 1.54) is 12.1 Å². The largest absolute Gasteiger partial charge is 0.398 e. The van der Waals surface area contributed by atoms with E-state index in [1.807, 2.05) is 24.3 Å². The number of carbonyl (C=O) groups is 1. The smallest absolute Gasteiger partial charge is 0.246 e. The number of nitrogens with zero attached hydrogens (tertiary/aromatic N) is 1. The molecule has 5 nitrogen and oxygen atoms in total. The van der Waals surface area contributed by atoms with Crippen LogP contribution in [-0.4, -0.2) is 24.0 Å². The van der Waals surface area contributed by atoms with Crippen LogP contribution in [0.3, 0.4) is 0 Å². The second-order valence-corrected chi connectivity index (χ2v) is 7.87. The number of hydrogen-bond acceptors (Lipinski definition) is 5. The zero-order chi connectivity index (χ0) is 21.2. The Kier molecular flexibility index (Phi) is 8.35. The number of benzene rings is 2. The predicted molar refractivity (Wildman–Crippen MR) is 119 cm³/mol. The number of anilines is 1. The molecule has 7 heteroatoms. The summed E-state index contributed by atoms with van der Waals surface area (Å²) in [4.78, 5) is 16.5. The fraction of sp³-hybridized carbons (Fsp3) is 0.304. The summed E-state index contributed by atoms with van der Waals surface area (Å²) in [5.41, 5.74) is 9.66. The maximum Gasteiger partial charge on any atom is 0.246 e. The van der Waals surface area contributed by atoms with E-state index in [0.717, 1.165) is 53.2 Å². The summed E-state index contributed by atoms with van der Waals surface area (Å²) in [5.74, 6) is -0.422. The van der Waals surface area contributed by atoms with E-state index in [-0.39, 0.29) is 24.9 Å². The summed E-state index contributed by atoms with van der Waals surface area (Å²) in [7, 11) is 0. The molecular weight excluding hydrogens is 401 g/mol. The summed E-state index contributed by atoms with van der Waals surface area (Å²) in [5, 5.41) is 5.90. The molecule has 30 heavy (non-hydrogen) atoms. The third kappa shape index (κ3) is 6.93. The first kappa shape index (κ1) is 21.9. The van der Waals surface area contributed by atoms with Gasteiger partial charge in [-0.15, -0.1) is 11.3 Å². The summed E-state index contributed by atoms with van der Waals surface area (Å²) in [6, 6.07) is 13.8. The van der Waals surface area contributed by atoms with Gasteiger partial charge in [-0.3, -0.25) is 4.79 Å². The van der Waals surface area contributed by atoms with Crippen LogP contribution >= 0.6 is 11.3 Å². The second-order valence-electron chi connectivity index (χ2n) is 7.01. The van der Waals surface area contributed by atoms with E-state index in [0.29, 0.717) is 6.54 Å². The monoisotopic (exact) mass is 427 g/mol. The van der Waals surface area contributed by atoms with Crippen molar-refractivity contribution in [1.82, 2.24) is 10.3 Å². The first-order valence-electron chi connectivity index (χ1n) is 10.00. The number of nitrogen functional groups attached to an aromatic ring is 1. The molecule has 0 bridgehead atoms. The highest BCUT2D eigenvalue weighted by Crippen LogP contribution is 2.28. The molecule has 0 saturated heterocycles. The van der Waals surface area contributed by atoms with Crippen LogP contribution < -0.4 is 11.1 Å². The van der Waals surface area contributed by atoms with Crippen LogP contribution in [0, 0.1) is 5.82 Å². The number of amides is 1. The molecule has 0 fully saturated rings. The normalized spacial score (nSPS) is 10.8. The lowest BCUT2D eigenvalue weighted by Crippen LogP contribution is -2.28. The molecule has 0 unspecified atom stereocenters. The number of para-hydroxylation sites is 1. The van der Waals surface area contributed by atoms with Crippen molar-refractivity contribution >= 4 is 22.9 Å². The second kappa shape index (κ2) is 11.4. The van der Waals surface area contributed by atoms with Crippen LogP contribution in [0.25, 0.3) is 10.6 Å². The highest BCUT2D eigenvalue weighted by Gasteiger charge is 2.07. The van der Waals surface area contributed by atoms with Crippen LogP contribution in [0.15, 0.2) is 53.9 Å². The summed E-state index contributed by atoms with van der Waals surface area (Å²) in [6.07, 6.45) is 3.85. The predicted octanol–water partition coefficient (Wildman–Crippen LogP) is 4.58. The minimum absolute atomic E-state index is 0.00158. The number of nitrogens with two attached hydrogens (primary N) is 1. The minimum atomic E-state index is -0.285. The molecule has 158 valence electrons. The standard InChI is InChI=1S/C23H26FN3O2S/c24-18-11-9-17(10-12-18)14-29-15-22(28)26-13-5-1-2-6-19-16-30-23(27-19)20-7-3-4-8-21(20)25/h3-4,7-12,16H,1-2,5-6,13-15,25H2,(H,26,28). The van der Waals surface area contributed by atoms with Gasteiger partial charge in [-0.2, -0.15) is 0 Å². The number of halogens is 1. The maximum atomic E-state index is 12.8. The Hall–Kier alpha value is -2.77. The van der Waals surface area contributed by atoms with E-state index in [9.17, 15) is 9.18 Å². The average Bonchev–Trinajstić information content (AvgIpc) is 3.21. The van der Waals surface area contributed by atoms with Gasteiger partial charge >= 0.3 is 0 Å². The SMILES string of the molecule is Nc1ccccc1-c1nc(CCCCCNC(=O)COCc2ccc(F)cc2)cs1. The molecule has 3 rings (SSSR count). The molecule has 0 aliphatic carbocycles. The van der Waals surface area contributed by atoms with Crippen LogP contribution in [0.4, 0.5) is 10.1 Å². The molecule has 3 aromatic rings. The fourth-order valence-electron chi connectivity index (χ4n) is 2.97. The Morgan fingerprint density at radius 3 is 2.70 bits per heavy atom. The number of aryl methyl sites for hydroxylation is 1. The van der Waals surface area contributed by atoms with Gasteiger partial charge in [-0.05, 0) is 49.1 Å². The van der Waals surface area contributed by atoms with E-state index in [4.69, 9.17) is 10.5 Å². The van der Waals surface area contributed by atoms with Crippen molar-refractivity contribution in [2.24, 2.45) is 0 Å². The highest BCUT2D eigenvalue weighted by atomic mass is 32.1. The summed E-state index contributed by atoms with van der Waals surface area (Å²) in [6.45, 7) is 0.918. The first-order valence-corrected chi connectivity index (χ1v) is 10.9. The minimum Gasteiger partial charge on any atom is -0.398 e. The van der Waals surface area contributed by atoms with E-state index in [1.54, 1.807) is 23.5 Å². The van der Waals surface area contributed by atoms with Crippen molar-refractivity contribution in [2.45, 2.75) is 32.3 Å². The maximum absolute atomic E-state index is 12.8. The summed E-state index contributed by atoms with van der Waals surface area (Å²) < 4.78 is 18.2. The van der Waals surface area contributed by atoms with Crippen molar-refractivity contribution in [3.05, 3.63) is 71.0 Å². The van der Waals surface area contributed by atoms with Gasteiger partial charge in [0.25, 0.3) is 0 Å². The molecule has 0 radical (unpaired) electrons. The van der Waals surface area contributed by atoms with Crippen LogP contribution in [0.5, 0.6) is 0 Å². The third-order valence-electron chi connectivity index (χ3n) is 4.59. The zero-order valence-electron chi connectivity index (χ0n) is 16.8. The number of aromatic nitrogens is 1. The third-order valence-corrected chi connectivity index (χ3v) is 5.51. The molecule has 1 amide bonds. The number of thiazole rings is 1. The number of rotatable bonds is 11. The average molecular weight is 428 g/mol. The number of ether oxygens (including phenoxy) is 1. The molecule has 1 heterocycles. The lowest BCUT2D eigenvalue weighted by Gasteiger charge is -2.06. The van der Waals surface area contributed by atoms with Gasteiger partial charge in [0.15, 0.2) is 0 Å². The number of carbonyl (C=O) groups excluding carboxylic acids is 1. The van der Waals surface area contributed by atoms with E-state index < -0.39 is 0 Å². The van der Waals surface area contributed by atoms with Crippen LogP contribution in [0.1, 0.15) is 30.5 Å². The van der Waals surface area contributed by atoms with Gasteiger partial charge in [-0.1, -0.05) is 30.7 Å². The Morgan fingerprint density at radius 2 is 1.90 bits per heavy atom. The van der Waals surface area contributed by atoms with Crippen molar-refractivity contribution in [1.29, 1.82) is 0 Å². The number of hydrogen-bond donors (Lipinski definition) is 2. The van der Waals surface area contributed by atoms with Crippen molar-refractivity contribution in [3.63, 3.8) is 0 Å². The fourth-order valence-corrected chi connectivity index (χ4v) is 3.87. The Morgan fingerprint density at radius 1 is 1.10 bits per heavy atom. The molecule has 1 aromatic heterocycles. The van der Waals surface area contributed by atoms with Crippen molar-refractivity contribution < 1.29 is 13.9 Å². The Bertz CT molecular complexity index is 944. The topological polar surface area (TPSA) is 77.2 Å². The lowest BCUT2D eigenvalue weighted by molar-refractivity contribution is -0.126. The quantitative estimate of drug-likeness (QED) is 0.347. The van der Waals surface area contributed by atoms with Gasteiger partial charge in [-0.25, -0.2) is 9.37 Å². The molecular formula is C23H26FN3O2S. The Labute approximate surface area is 180 Å². The van der Waals surface area contributed by atoms with E-state index >= 15 is 0 Å². The van der Waals surface area contributed by atoms with Gasteiger partial charge in [0, 0.05) is 23.2 Å². The van der Waals surface area contributed by atoms with Gasteiger partial charge < -0.3 is 15.8 Å². The molecule has 2 aromatic carbocycles. The van der Waals surface area contributed by atoms with Crippen LogP contribution in [-0.2, 0) is 22.6 Å². The molecule has 0 saturated carbocycles. The summed E-state index contributed by atoms with van der Waals surface area (Å²) >= 11 is 1.62. The van der Waals surface area contributed by atoms with Gasteiger partial charge in [0.2, 0.25) is 5.91 Å². The molecule has 0 aliphatic heterocycles. The highest BCUT2D eigenvalue weighted by molar-refractivity contribution is 7.13. The van der Waals surface area contributed by atoms with Gasteiger partial charge in [0.1, 0.15) is 17.4 Å². The molecule has 0 atom stereocenters. The van der Waals surface area contributed by atoms with E-state index in [2.05, 4.69) is 15.7 Å². The molecule has 0 spiro atoms. The molecule has 3 N–H and O–H groups in total. The first-order chi connectivity index (χ1) is 14.6. The number of nitrogens with one attached hydrogen (secondary N) is 1. The molecule has 0 aliphatic rings. The zero-order valence-corrected chi connectivity index (χ0v) is 17.6.